The summed E-state index contributed by atoms with van der Waals surface area (Å²) in [5, 5.41) is 31.8. The topological polar surface area (TPSA) is 162 Å². The van der Waals surface area contributed by atoms with Crippen molar-refractivity contribution in [3.05, 3.63) is 112 Å². The molecule has 4 aromatic rings. The molecule has 5 atom stereocenters. The number of methoxy groups -OCH3 is 1. The predicted octanol–water partition coefficient (Wildman–Crippen LogP) is 2.73. The molecular formula is C32H27ClFN3O9. The molecule has 0 spiro atoms. The van der Waals surface area contributed by atoms with E-state index in [1.807, 2.05) is 0 Å². The molecule has 0 unspecified atom stereocenters. The maximum absolute atomic E-state index is 14.8. The van der Waals surface area contributed by atoms with E-state index >= 15 is 0 Å². The Balaban J connectivity index is 1.20. The molecule has 3 heterocycles. The molecule has 0 bridgehead atoms. The summed E-state index contributed by atoms with van der Waals surface area (Å²) in [5.41, 5.74) is 2.01. The number of esters is 2. The largest absolute Gasteiger partial charge is 0.497 e. The Morgan fingerprint density at radius 1 is 1.02 bits per heavy atom. The van der Waals surface area contributed by atoms with E-state index in [9.17, 15) is 29.3 Å². The minimum atomic E-state index is -1.91. The van der Waals surface area contributed by atoms with Gasteiger partial charge in [-0.15, -0.1) is 0 Å². The Hall–Kier alpha value is -4.66. The fourth-order valence-corrected chi connectivity index (χ4v) is 5.30. The average molecular weight is 652 g/mol. The zero-order chi connectivity index (χ0) is 32.5. The SMILES string of the molecule is COc1ccc(COC(=O)[C@H]2O[C@@H](OC(=O)c3cn4c(n3)CN=C(c3ccccc3F)c3cc(Cl)ccc3-4)[C@H](O)[C@@H](O)[C@@H]2O)cc1. The molecule has 2 aliphatic heterocycles. The summed E-state index contributed by atoms with van der Waals surface area (Å²) in [6, 6.07) is 17.8. The maximum Gasteiger partial charge on any atom is 0.360 e. The number of benzene rings is 3. The minimum absolute atomic E-state index is 0.0428. The van der Waals surface area contributed by atoms with Gasteiger partial charge in [0.1, 0.15) is 42.3 Å². The van der Waals surface area contributed by atoms with Gasteiger partial charge in [-0.25, -0.2) is 19.0 Å². The highest BCUT2D eigenvalue weighted by Crippen LogP contribution is 2.30. The van der Waals surface area contributed by atoms with Crippen LogP contribution in [0.4, 0.5) is 4.39 Å². The number of carbonyl (C=O) groups is 2. The predicted molar refractivity (Wildman–Crippen MR) is 159 cm³/mol. The number of aliphatic hydroxyl groups is 3. The van der Waals surface area contributed by atoms with E-state index < -0.39 is 48.5 Å². The molecule has 46 heavy (non-hydrogen) atoms. The number of aliphatic imine (C=N–C) groups is 1. The molecule has 3 N–H and O–H groups in total. The van der Waals surface area contributed by atoms with Gasteiger partial charge in [0.25, 0.3) is 0 Å². The van der Waals surface area contributed by atoms with Crippen LogP contribution < -0.4 is 4.74 Å². The van der Waals surface area contributed by atoms with Gasteiger partial charge >= 0.3 is 11.9 Å². The summed E-state index contributed by atoms with van der Waals surface area (Å²) in [6.45, 7) is -0.231. The van der Waals surface area contributed by atoms with Crippen LogP contribution in [0.25, 0.3) is 5.69 Å². The second-order valence-corrected chi connectivity index (χ2v) is 10.9. The van der Waals surface area contributed by atoms with Crippen molar-refractivity contribution in [3.63, 3.8) is 0 Å². The molecule has 14 heteroatoms. The highest BCUT2D eigenvalue weighted by atomic mass is 35.5. The number of ether oxygens (including phenoxy) is 4. The molecular weight excluding hydrogens is 625 g/mol. The van der Waals surface area contributed by atoms with E-state index in [4.69, 9.17) is 30.5 Å². The number of nitrogens with zero attached hydrogens (tertiary/aromatic N) is 3. The van der Waals surface area contributed by atoms with E-state index in [0.29, 0.717) is 39.1 Å². The van der Waals surface area contributed by atoms with Crippen molar-refractivity contribution < 1.29 is 48.2 Å². The lowest BCUT2D eigenvalue weighted by Crippen LogP contribution is -2.60. The quantitative estimate of drug-likeness (QED) is 0.253. The van der Waals surface area contributed by atoms with E-state index in [2.05, 4.69) is 9.98 Å². The van der Waals surface area contributed by atoms with Crippen molar-refractivity contribution in [2.24, 2.45) is 4.99 Å². The minimum Gasteiger partial charge on any atom is -0.497 e. The van der Waals surface area contributed by atoms with Gasteiger partial charge in [-0.1, -0.05) is 35.9 Å². The number of carbonyl (C=O) groups excluding carboxylic acids is 2. The molecule has 12 nitrogen and oxygen atoms in total. The van der Waals surface area contributed by atoms with Crippen molar-refractivity contribution in [2.45, 2.75) is 43.9 Å². The number of imidazole rings is 1. The molecule has 6 rings (SSSR count). The Morgan fingerprint density at radius 2 is 1.78 bits per heavy atom. The highest BCUT2D eigenvalue weighted by Gasteiger charge is 2.49. The van der Waals surface area contributed by atoms with Gasteiger partial charge < -0.3 is 38.8 Å². The van der Waals surface area contributed by atoms with Crippen LogP contribution >= 0.6 is 11.6 Å². The number of rotatable bonds is 7. The second-order valence-electron chi connectivity index (χ2n) is 10.5. The van der Waals surface area contributed by atoms with Crippen molar-refractivity contribution in [1.82, 2.24) is 9.55 Å². The van der Waals surface area contributed by atoms with E-state index in [-0.39, 0.29) is 24.4 Å². The van der Waals surface area contributed by atoms with Crippen LogP contribution in [0.15, 0.2) is 77.9 Å². The summed E-state index contributed by atoms with van der Waals surface area (Å²) in [6.07, 6.45) is -7.96. The summed E-state index contributed by atoms with van der Waals surface area (Å²) in [4.78, 5) is 34.9. The van der Waals surface area contributed by atoms with Crippen LogP contribution in [0.3, 0.4) is 0 Å². The van der Waals surface area contributed by atoms with Crippen molar-refractivity contribution in [3.8, 4) is 11.4 Å². The highest BCUT2D eigenvalue weighted by molar-refractivity contribution is 6.31. The van der Waals surface area contributed by atoms with Gasteiger partial charge in [0.05, 0.1) is 25.1 Å². The van der Waals surface area contributed by atoms with E-state index in [1.165, 1.54) is 19.4 Å². The van der Waals surface area contributed by atoms with Crippen LogP contribution in [0.2, 0.25) is 5.02 Å². The molecule has 1 saturated heterocycles. The molecule has 2 aliphatic rings. The van der Waals surface area contributed by atoms with E-state index in [0.717, 1.165) is 0 Å². The average Bonchev–Trinajstić information content (AvgIpc) is 3.43. The molecule has 0 aliphatic carbocycles. The fraction of sp³-hybridized carbons (Fsp3) is 0.250. The first-order valence-corrected chi connectivity index (χ1v) is 14.4. The summed E-state index contributed by atoms with van der Waals surface area (Å²) < 4.78 is 37.4. The molecule has 0 saturated carbocycles. The summed E-state index contributed by atoms with van der Waals surface area (Å²) in [7, 11) is 1.51. The zero-order valence-corrected chi connectivity index (χ0v) is 24.9. The van der Waals surface area contributed by atoms with Gasteiger partial charge in [0.15, 0.2) is 11.8 Å². The lowest BCUT2D eigenvalue weighted by atomic mass is 9.99. The molecule has 0 radical (unpaired) electrons. The van der Waals surface area contributed by atoms with Crippen LogP contribution in [0, 0.1) is 5.82 Å². The number of halogens is 2. The monoisotopic (exact) mass is 651 g/mol. The molecule has 1 fully saturated rings. The Bertz CT molecular complexity index is 1810. The van der Waals surface area contributed by atoms with Crippen LogP contribution in [-0.2, 0) is 32.2 Å². The van der Waals surface area contributed by atoms with Gasteiger partial charge in [-0.2, -0.15) is 0 Å². The number of aliphatic hydroxyl groups excluding tert-OH is 3. The third-order valence-corrected chi connectivity index (χ3v) is 7.77. The molecule has 0 amide bonds. The third-order valence-electron chi connectivity index (χ3n) is 7.53. The zero-order valence-electron chi connectivity index (χ0n) is 24.1. The van der Waals surface area contributed by atoms with Gasteiger partial charge in [-0.3, -0.25) is 4.99 Å². The summed E-state index contributed by atoms with van der Waals surface area (Å²) >= 11 is 6.28. The molecule has 238 valence electrons. The van der Waals surface area contributed by atoms with Crippen LogP contribution in [0.1, 0.15) is 33.0 Å². The number of aromatic nitrogens is 2. The normalized spacial score (nSPS) is 22.1. The first kappa shape index (κ1) is 31.3. The van der Waals surface area contributed by atoms with E-state index in [1.54, 1.807) is 65.2 Å². The van der Waals surface area contributed by atoms with Crippen molar-refractivity contribution >= 4 is 29.3 Å². The van der Waals surface area contributed by atoms with Gasteiger partial charge in [0.2, 0.25) is 6.29 Å². The van der Waals surface area contributed by atoms with Crippen LogP contribution in [-0.4, -0.2) is 80.3 Å². The fourth-order valence-electron chi connectivity index (χ4n) is 5.13. The molecule has 1 aromatic heterocycles. The first-order chi connectivity index (χ1) is 22.1. The molecule has 3 aromatic carbocycles. The van der Waals surface area contributed by atoms with Gasteiger partial charge in [0, 0.05) is 22.3 Å². The van der Waals surface area contributed by atoms with Gasteiger partial charge in [-0.05, 0) is 48.0 Å². The lowest BCUT2D eigenvalue weighted by Gasteiger charge is -2.38. The van der Waals surface area contributed by atoms with Crippen molar-refractivity contribution in [2.75, 3.05) is 7.11 Å². The Morgan fingerprint density at radius 3 is 2.52 bits per heavy atom. The van der Waals surface area contributed by atoms with Crippen molar-refractivity contribution in [1.29, 1.82) is 0 Å². The second kappa shape index (κ2) is 13.0. The Kier molecular flexibility index (Phi) is 8.84. The summed E-state index contributed by atoms with van der Waals surface area (Å²) in [5.74, 6) is -1.68. The smallest absolute Gasteiger partial charge is 0.360 e. The number of hydrogen-bond donors (Lipinski definition) is 3. The lowest BCUT2D eigenvalue weighted by molar-refractivity contribution is -0.280. The standard InChI is InChI=1S/C32H27ClFN3O9/c1-43-18-9-6-16(7-10-18)15-44-31(42)29-27(39)26(38)28(40)32(45-29)46-30(41)22-14-37-23-11-8-17(33)12-20(23)25(35-13-24(37)36-22)19-4-2-3-5-21(19)34/h2-12,14,26-29,32,38-40H,13,15H2,1H3/t26-,27-,28+,29-,32-/m0/s1. The number of fused-ring (bicyclic) bond motifs is 3. The maximum atomic E-state index is 14.8. The third kappa shape index (κ3) is 6.10. The van der Waals surface area contributed by atoms with Crippen LogP contribution in [0.5, 0.6) is 5.75 Å². The first-order valence-electron chi connectivity index (χ1n) is 14.0. The Labute approximate surface area is 266 Å². The number of hydrogen-bond acceptors (Lipinski definition) is 11.